The van der Waals surface area contributed by atoms with Gasteiger partial charge in [-0.05, 0) is 30.2 Å². The highest BCUT2D eigenvalue weighted by molar-refractivity contribution is 7.13. The second-order valence-electron chi connectivity index (χ2n) is 6.07. The number of carbonyl (C=O) groups excluding carboxylic acids is 1. The third-order valence-electron chi connectivity index (χ3n) is 4.38. The Hall–Kier alpha value is -1.89. The molecule has 23 heavy (non-hydrogen) atoms. The van der Waals surface area contributed by atoms with Crippen LogP contribution in [0.4, 0.5) is 0 Å². The molecule has 0 spiro atoms. The Morgan fingerprint density at radius 1 is 1.43 bits per heavy atom. The summed E-state index contributed by atoms with van der Waals surface area (Å²) in [5.74, 6) is 1.29. The van der Waals surface area contributed by atoms with E-state index in [0.29, 0.717) is 31.3 Å². The average molecular weight is 334 g/mol. The van der Waals surface area contributed by atoms with E-state index in [4.69, 9.17) is 0 Å². The van der Waals surface area contributed by atoms with Crippen molar-refractivity contribution in [2.24, 2.45) is 13.0 Å². The smallest absolute Gasteiger partial charge is 0.346 e. The SMILES string of the molecule is Cn1c(-c2cccs2)nn(CCNC(=O)CC2CCCC2)c1=O. The molecule has 1 aliphatic carbocycles. The number of hydrogen-bond donors (Lipinski definition) is 1. The van der Waals surface area contributed by atoms with E-state index in [0.717, 1.165) is 17.7 Å². The van der Waals surface area contributed by atoms with Crippen LogP contribution in [-0.4, -0.2) is 26.8 Å². The Morgan fingerprint density at radius 2 is 2.22 bits per heavy atom. The Balaban J connectivity index is 1.55. The highest BCUT2D eigenvalue weighted by atomic mass is 32.1. The van der Waals surface area contributed by atoms with Crippen LogP contribution >= 0.6 is 11.3 Å². The first-order chi connectivity index (χ1) is 11.1. The van der Waals surface area contributed by atoms with Crippen LogP contribution in [0.25, 0.3) is 10.7 Å². The van der Waals surface area contributed by atoms with E-state index in [9.17, 15) is 9.59 Å². The molecule has 1 N–H and O–H groups in total. The van der Waals surface area contributed by atoms with Gasteiger partial charge in [0.2, 0.25) is 5.91 Å². The number of nitrogens with one attached hydrogen (secondary N) is 1. The molecule has 0 atom stereocenters. The number of aromatic nitrogens is 3. The number of thiophene rings is 1. The van der Waals surface area contributed by atoms with Gasteiger partial charge in [0.25, 0.3) is 0 Å². The summed E-state index contributed by atoms with van der Waals surface area (Å²) in [6.07, 6.45) is 5.42. The highest BCUT2D eigenvalue weighted by Gasteiger charge is 2.18. The van der Waals surface area contributed by atoms with Crippen molar-refractivity contribution in [2.75, 3.05) is 6.54 Å². The first-order valence-electron chi connectivity index (χ1n) is 8.09. The van der Waals surface area contributed by atoms with E-state index in [-0.39, 0.29) is 11.6 Å². The van der Waals surface area contributed by atoms with Crippen LogP contribution in [0, 0.1) is 5.92 Å². The fourth-order valence-electron chi connectivity index (χ4n) is 3.10. The molecule has 6 nitrogen and oxygen atoms in total. The molecule has 0 saturated heterocycles. The lowest BCUT2D eigenvalue weighted by molar-refractivity contribution is -0.122. The number of hydrogen-bond acceptors (Lipinski definition) is 4. The average Bonchev–Trinajstić information content (AvgIpc) is 3.26. The largest absolute Gasteiger partial charge is 0.354 e. The summed E-state index contributed by atoms with van der Waals surface area (Å²) in [7, 11) is 1.72. The summed E-state index contributed by atoms with van der Waals surface area (Å²) in [5.41, 5.74) is -0.154. The maximum Gasteiger partial charge on any atom is 0.346 e. The summed E-state index contributed by atoms with van der Waals surface area (Å²) in [4.78, 5) is 25.1. The van der Waals surface area contributed by atoms with Gasteiger partial charge < -0.3 is 5.32 Å². The van der Waals surface area contributed by atoms with Crippen LogP contribution < -0.4 is 11.0 Å². The fraction of sp³-hybridized carbons (Fsp3) is 0.562. The van der Waals surface area contributed by atoms with Gasteiger partial charge in [0.05, 0.1) is 11.4 Å². The van der Waals surface area contributed by atoms with Crippen molar-refractivity contribution in [3.8, 4) is 10.7 Å². The van der Waals surface area contributed by atoms with E-state index in [2.05, 4.69) is 10.4 Å². The van der Waals surface area contributed by atoms with E-state index >= 15 is 0 Å². The fourth-order valence-corrected chi connectivity index (χ4v) is 3.85. The van der Waals surface area contributed by atoms with Gasteiger partial charge in [-0.1, -0.05) is 18.9 Å². The molecule has 2 heterocycles. The lowest BCUT2D eigenvalue weighted by atomic mass is 10.0. The van der Waals surface area contributed by atoms with Crippen LogP contribution in [0.1, 0.15) is 32.1 Å². The van der Waals surface area contributed by atoms with Crippen LogP contribution in [0.3, 0.4) is 0 Å². The number of rotatable bonds is 6. The molecule has 2 aromatic heterocycles. The van der Waals surface area contributed by atoms with Gasteiger partial charge in [-0.3, -0.25) is 9.36 Å². The van der Waals surface area contributed by atoms with Crippen molar-refractivity contribution in [1.29, 1.82) is 0 Å². The normalized spacial score (nSPS) is 15.2. The van der Waals surface area contributed by atoms with Crippen LogP contribution in [0.15, 0.2) is 22.3 Å². The van der Waals surface area contributed by atoms with Crippen molar-refractivity contribution in [3.63, 3.8) is 0 Å². The molecule has 1 amide bonds. The molecular weight excluding hydrogens is 312 g/mol. The Labute approximate surface area is 139 Å². The first kappa shape index (κ1) is 16.0. The molecule has 0 aliphatic heterocycles. The quantitative estimate of drug-likeness (QED) is 0.878. The van der Waals surface area contributed by atoms with E-state index < -0.39 is 0 Å². The first-order valence-corrected chi connectivity index (χ1v) is 8.97. The van der Waals surface area contributed by atoms with Crippen molar-refractivity contribution >= 4 is 17.2 Å². The zero-order valence-electron chi connectivity index (χ0n) is 13.3. The Kier molecular flexibility index (Phi) is 4.95. The molecule has 7 heteroatoms. The summed E-state index contributed by atoms with van der Waals surface area (Å²) < 4.78 is 2.97. The van der Waals surface area contributed by atoms with Crippen molar-refractivity contribution in [1.82, 2.24) is 19.7 Å². The molecule has 0 bridgehead atoms. The minimum absolute atomic E-state index is 0.0827. The van der Waals surface area contributed by atoms with Crippen molar-refractivity contribution in [3.05, 3.63) is 28.0 Å². The molecule has 1 fully saturated rings. The van der Waals surface area contributed by atoms with E-state index in [1.54, 1.807) is 23.0 Å². The number of amides is 1. The highest BCUT2D eigenvalue weighted by Crippen LogP contribution is 2.27. The predicted molar refractivity (Wildman–Crippen MR) is 90.4 cm³/mol. The van der Waals surface area contributed by atoms with Crippen molar-refractivity contribution in [2.45, 2.75) is 38.6 Å². The Morgan fingerprint density at radius 3 is 2.91 bits per heavy atom. The molecule has 1 saturated carbocycles. The lowest BCUT2D eigenvalue weighted by Gasteiger charge is -2.09. The summed E-state index contributed by atoms with van der Waals surface area (Å²) in [6, 6.07) is 3.88. The Bertz CT molecular complexity index is 711. The minimum Gasteiger partial charge on any atom is -0.354 e. The second-order valence-corrected chi connectivity index (χ2v) is 7.02. The van der Waals surface area contributed by atoms with Gasteiger partial charge in [0, 0.05) is 20.0 Å². The molecule has 2 aromatic rings. The summed E-state index contributed by atoms with van der Waals surface area (Å²) in [6.45, 7) is 0.834. The van der Waals surface area contributed by atoms with E-state index in [1.165, 1.54) is 17.5 Å². The van der Waals surface area contributed by atoms with Crippen LogP contribution in [0.5, 0.6) is 0 Å². The van der Waals surface area contributed by atoms with Crippen LogP contribution in [0.2, 0.25) is 0 Å². The third kappa shape index (κ3) is 3.72. The van der Waals surface area contributed by atoms with Crippen LogP contribution in [-0.2, 0) is 18.4 Å². The molecular formula is C16H22N4O2S. The topological polar surface area (TPSA) is 68.9 Å². The van der Waals surface area contributed by atoms with Gasteiger partial charge in [-0.15, -0.1) is 16.4 Å². The summed E-state index contributed by atoms with van der Waals surface area (Å²) in [5, 5.41) is 9.24. The van der Waals surface area contributed by atoms with Gasteiger partial charge >= 0.3 is 5.69 Å². The maximum absolute atomic E-state index is 12.2. The zero-order chi connectivity index (χ0) is 16.2. The van der Waals surface area contributed by atoms with Crippen molar-refractivity contribution < 1.29 is 4.79 Å². The van der Waals surface area contributed by atoms with Gasteiger partial charge in [0.1, 0.15) is 0 Å². The lowest BCUT2D eigenvalue weighted by Crippen LogP contribution is -2.32. The predicted octanol–water partition coefficient (Wildman–Crippen LogP) is 2.01. The van der Waals surface area contributed by atoms with Gasteiger partial charge in [0.15, 0.2) is 5.82 Å². The number of carbonyl (C=O) groups is 1. The second kappa shape index (κ2) is 7.12. The minimum atomic E-state index is -0.154. The van der Waals surface area contributed by atoms with E-state index in [1.807, 2.05) is 17.5 Å². The van der Waals surface area contributed by atoms with Gasteiger partial charge in [-0.25, -0.2) is 9.48 Å². The maximum atomic E-state index is 12.2. The molecule has 0 radical (unpaired) electrons. The molecule has 3 rings (SSSR count). The molecule has 0 unspecified atom stereocenters. The molecule has 1 aliphatic rings. The molecule has 124 valence electrons. The monoisotopic (exact) mass is 334 g/mol. The summed E-state index contributed by atoms with van der Waals surface area (Å²) >= 11 is 1.55. The molecule has 0 aromatic carbocycles. The zero-order valence-corrected chi connectivity index (χ0v) is 14.1. The van der Waals surface area contributed by atoms with Gasteiger partial charge in [-0.2, -0.15) is 0 Å². The number of nitrogens with zero attached hydrogens (tertiary/aromatic N) is 3. The third-order valence-corrected chi connectivity index (χ3v) is 5.24. The standard InChI is InChI=1S/C16H22N4O2S/c1-19-15(13-7-4-10-23-13)18-20(16(19)22)9-8-17-14(21)11-12-5-2-3-6-12/h4,7,10,12H,2-3,5-6,8-9,11H2,1H3,(H,17,21).